The second kappa shape index (κ2) is 6.66. The summed E-state index contributed by atoms with van der Waals surface area (Å²) >= 11 is 0. The van der Waals surface area contributed by atoms with Crippen molar-refractivity contribution in [1.29, 1.82) is 0 Å². The molecule has 1 aromatic rings. The summed E-state index contributed by atoms with van der Waals surface area (Å²) in [6.45, 7) is 4.01. The lowest BCUT2D eigenvalue weighted by Crippen LogP contribution is -1.96. The molecular formula is C15H16O. The topological polar surface area (TPSA) is 20.2 Å². The first-order chi connectivity index (χ1) is 7.68. The van der Waals surface area contributed by atoms with Crippen LogP contribution in [0.4, 0.5) is 0 Å². The van der Waals surface area contributed by atoms with Gasteiger partial charge in [-0.15, -0.1) is 0 Å². The Labute approximate surface area is 97.1 Å². The van der Waals surface area contributed by atoms with Gasteiger partial charge >= 0.3 is 0 Å². The van der Waals surface area contributed by atoms with Crippen molar-refractivity contribution in [3.05, 3.63) is 59.7 Å². The van der Waals surface area contributed by atoms with Crippen LogP contribution < -0.4 is 0 Å². The van der Waals surface area contributed by atoms with E-state index in [-0.39, 0.29) is 0 Å². The van der Waals surface area contributed by atoms with Crippen LogP contribution in [-0.2, 0) is 0 Å². The molecule has 0 aliphatic rings. The fraction of sp³-hybridized carbons (Fsp3) is 0.200. The van der Waals surface area contributed by atoms with Gasteiger partial charge < -0.3 is 5.11 Å². The Morgan fingerprint density at radius 3 is 2.56 bits per heavy atom. The molecule has 0 fully saturated rings. The standard InChI is InChI=1S/C15H16O/c1-13(2)7-6-10-15(16)12-11-14-8-4-3-5-9-14/h3-10,15-16H,1-2H3/b10-6+. The third kappa shape index (κ3) is 5.19. The van der Waals surface area contributed by atoms with Gasteiger partial charge in [0.1, 0.15) is 6.10 Å². The number of aliphatic hydroxyl groups excluding tert-OH is 1. The van der Waals surface area contributed by atoms with Gasteiger partial charge in [0.2, 0.25) is 0 Å². The Bertz CT molecular complexity index is 425. The van der Waals surface area contributed by atoms with Gasteiger partial charge in [0.25, 0.3) is 0 Å². The first-order valence-electron chi connectivity index (χ1n) is 5.25. The summed E-state index contributed by atoms with van der Waals surface area (Å²) in [5.41, 5.74) is 2.11. The van der Waals surface area contributed by atoms with Gasteiger partial charge in [-0.1, -0.05) is 47.8 Å². The maximum absolute atomic E-state index is 9.53. The van der Waals surface area contributed by atoms with Crippen LogP contribution in [0.1, 0.15) is 19.4 Å². The summed E-state index contributed by atoms with van der Waals surface area (Å²) in [4.78, 5) is 0. The Kier molecular flexibility index (Phi) is 5.11. The minimum absolute atomic E-state index is 0.712. The van der Waals surface area contributed by atoms with Crippen LogP contribution in [0.25, 0.3) is 0 Å². The number of aliphatic hydroxyl groups is 1. The average molecular weight is 212 g/mol. The maximum Gasteiger partial charge on any atom is 0.134 e. The molecule has 16 heavy (non-hydrogen) atoms. The lowest BCUT2D eigenvalue weighted by molar-refractivity contribution is 0.281. The zero-order valence-electron chi connectivity index (χ0n) is 9.64. The molecule has 1 N–H and O–H groups in total. The number of hydrogen-bond acceptors (Lipinski definition) is 1. The van der Waals surface area contributed by atoms with Crippen molar-refractivity contribution < 1.29 is 5.11 Å². The van der Waals surface area contributed by atoms with Gasteiger partial charge in [-0.2, -0.15) is 0 Å². The Balaban J connectivity index is 2.59. The zero-order valence-corrected chi connectivity index (χ0v) is 9.64. The van der Waals surface area contributed by atoms with E-state index in [1.165, 1.54) is 5.57 Å². The summed E-state index contributed by atoms with van der Waals surface area (Å²) in [6, 6.07) is 9.63. The number of rotatable bonds is 2. The third-order valence-electron chi connectivity index (χ3n) is 1.86. The lowest BCUT2D eigenvalue weighted by atomic mass is 10.2. The summed E-state index contributed by atoms with van der Waals surface area (Å²) in [6.07, 6.45) is 4.71. The molecule has 1 atom stereocenters. The van der Waals surface area contributed by atoms with Gasteiger partial charge in [0.05, 0.1) is 0 Å². The van der Waals surface area contributed by atoms with E-state index in [9.17, 15) is 5.11 Å². The molecule has 1 nitrogen and oxygen atoms in total. The number of hydrogen-bond donors (Lipinski definition) is 1. The summed E-state index contributed by atoms with van der Waals surface area (Å²) in [7, 11) is 0. The van der Waals surface area contributed by atoms with Crippen molar-refractivity contribution >= 4 is 0 Å². The quantitative estimate of drug-likeness (QED) is 0.590. The number of allylic oxidation sites excluding steroid dienone is 3. The fourth-order valence-electron chi connectivity index (χ4n) is 1.08. The van der Waals surface area contributed by atoms with E-state index < -0.39 is 6.10 Å². The third-order valence-corrected chi connectivity index (χ3v) is 1.86. The molecule has 0 heterocycles. The summed E-state index contributed by atoms with van der Waals surface area (Å²) in [5, 5.41) is 9.53. The molecule has 0 aliphatic heterocycles. The van der Waals surface area contributed by atoms with Crippen molar-refractivity contribution in [2.24, 2.45) is 0 Å². The average Bonchev–Trinajstić information content (AvgIpc) is 2.27. The first kappa shape index (κ1) is 12.3. The van der Waals surface area contributed by atoms with E-state index in [2.05, 4.69) is 11.8 Å². The van der Waals surface area contributed by atoms with Gasteiger partial charge in [-0.25, -0.2) is 0 Å². The van der Waals surface area contributed by atoms with Gasteiger partial charge in [0.15, 0.2) is 0 Å². The summed E-state index contributed by atoms with van der Waals surface area (Å²) < 4.78 is 0. The van der Waals surface area contributed by atoms with Crippen LogP contribution in [-0.4, -0.2) is 11.2 Å². The van der Waals surface area contributed by atoms with E-state index in [0.29, 0.717) is 0 Å². The van der Waals surface area contributed by atoms with Crippen LogP contribution in [0.3, 0.4) is 0 Å². The van der Waals surface area contributed by atoms with Gasteiger partial charge in [-0.3, -0.25) is 0 Å². The smallest absolute Gasteiger partial charge is 0.134 e. The Hall–Kier alpha value is -1.78. The molecule has 0 bridgehead atoms. The van der Waals surface area contributed by atoms with Crippen molar-refractivity contribution in [1.82, 2.24) is 0 Å². The van der Waals surface area contributed by atoms with Crippen LogP contribution in [0.5, 0.6) is 0 Å². The van der Waals surface area contributed by atoms with Gasteiger partial charge in [-0.05, 0) is 32.1 Å². The largest absolute Gasteiger partial charge is 0.377 e. The molecule has 0 spiro atoms. The molecule has 0 amide bonds. The van der Waals surface area contributed by atoms with Crippen molar-refractivity contribution in [3.8, 4) is 11.8 Å². The highest BCUT2D eigenvalue weighted by Crippen LogP contribution is 1.96. The Morgan fingerprint density at radius 1 is 1.25 bits per heavy atom. The molecule has 1 aromatic carbocycles. The molecule has 0 saturated heterocycles. The molecule has 1 rings (SSSR count). The summed E-state index contributed by atoms with van der Waals surface area (Å²) in [5.74, 6) is 5.67. The van der Waals surface area contributed by atoms with Crippen molar-refractivity contribution in [3.63, 3.8) is 0 Å². The molecule has 1 unspecified atom stereocenters. The highest BCUT2D eigenvalue weighted by Gasteiger charge is 1.89. The highest BCUT2D eigenvalue weighted by atomic mass is 16.3. The minimum atomic E-state index is -0.712. The fourth-order valence-corrected chi connectivity index (χ4v) is 1.08. The Morgan fingerprint density at radius 2 is 1.94 bits per heavy atom. The van der Waals surface area contributed by atoms with Crippen LogP contribution in [0, 0.1) is 11.8 Å². The highest BCUT2D eigenvalue weighted by molar-refractivity contribution is 5.35. The van der Waals surface area contributed by atoms with Crippen molar-refractivity contribution in [2.75, 3.05) is 0 Å². The van der Waals surface area contributed by atoms with Crippen LogP contribution >= 0.6 is 0 Å². The molecule has 82 valence electrons. The van der Waals surface area contributed by atoms with E-state index in [1.807, 2.05) is 56.3 Å². The molecule has 0 saturated carbocycles. The van der Waals surface area contributed by atoms with Crippen molar-refractivity contribution in [2.45, 2.75) is 20.0 Å². The second-order valence-electron chi connectivity index (χ2n) is 3.71. The normalized spacial score (nSPS) is 11.7. The molecule has 0 aromatic heterocycles. The first-order valence-corrected chi connectivity index (χ1v) is 5.25. The maximum atomic E-state index is 9.53. The van der Waals surface area contributed by atoms with E-state index in [0.717, 1.165) is 5.56 Å². The van der Waals surface area contributed by atoms with E-state index >= 15 is 0 Å². The predicted molar refractivity (Wildman–Crippen MR) is 67.9 cm³/mol. The van der Waals surface area contributed by atoms with E-state index in [4.69, 9.17) is 0 Å². The monoisotopic (exact) mass is 212 g/mol. The van der Waals surface area contributed by atoms with Crippen LogP contribution in [0.2, 0.25) is 0 Å². The molecule has 0 aliphatic carbocycles. The van der Waals surface area contributed by atoms with E-state index in [1.54, 1.807) is 6.08 Å². The predicted octanol–water partition coefficient (Wildman–Crippen LogP) is 2.92. The molecule has 1 heteroatoms. The minimum Gasteiger partial charge on any atom is -0.377 e. The molecule has 0 radical (unpaired) electrons. The molecular weight excluding hydrogens is 196 g/mol. The van der Waals surface area contributed by atoms with Gasteiger partial charge in [0, 0.05) is 5.56 Å². The lowest BCUT2D eigenvalue weighted by Gasteiger charge is -1.92. The second-order valence-corrected chi connectivity index (χ2v) is 3.71. The van der Waals surface area contributed by atoms with Crippen LogP contribution in [0.15, 0.2) is 54.1 Å². The number of benzene rings is 1. The zero-order chi connectivity index (χ0) is 11.8. The SMILES string of the molecule is CC(C)=C/C=C/C(O)C#Cc1ccccc1.